The monoisotopic (exact) mass is 432 g/mol. The summed E-state index contributed by atoms with van der Waals surface area (Å²) in [5, 5.41) is 0. The molecule has 0 saturated heterocycles. The lowest BCUT2D eigenvalue weighted by Gasteiger charge is -2.21. The Morgan fingerprint density at radius 2 is 1.87 bits per heavy atom. The Bertz CT molecular complexity index is 1070. The number of hydrogen-bond acceptors (Lipinski definition) is 6. The molecular formula is C21H24N2O6S. The first-order valence-electron chi connectivity index (χ1n) is 9.72. The predicted octanol–water partition coefficient (Wildman–Crippen LogP) is 2.18. The van der Waals surface area contributed by atoms with Gasteiger partial charge in [-0.2, -0.15) is 0 Å². The van der Waals surface area contributed by atoms with Gasteiger partial charge < -0.3 is 19.1 Å². The van der Waals surface area contributed by atoms with Crippen molar-refractivity contribution in [2.24, 2.45) is 0 Å². The average molecular weight is 432 g/mol. The molecule has 2 aliphatic rings. The number of nitrogens with one attached hydrogen (secondary N) is 1. The molecule has 0 radical (unpaired) electrons. The number of hydrogen-bond donors (Lipinski definition) is 1. The molecule has 9 heteroatoms. The summed E-state index contributed by atoms with van der Waals surface area (Å²) in [6.45, 7) is 1.34. The van der Waals surface area contributed by atoms with E-state index in [0.717, 1.165) is 18.4 Å². The van der Waals surface area contributed by atoms with Gasteiger partial charge in [0.25, 0.3) is 5.91 Å². The van der Waals surface area contributed by atoms with Gasteiger partial charge in [0, 0.05) is 25.2 Å². The minimum absolute atomic E-state index is 0.0320. The van der Waals surface area contributed by atoms with Crippen molar-refractivity contribution in [2.45, 2.75) is 30.3 Å². The lowest BCUT2D eigenvalue weighted by molar-refractivity contribution is 0.0784. The highest BCUT2D eigenvalue weighted by Gasteiger charge is 2.30. The van der Waals surface area contributed by atoms with Crippen molar-refractivity contribution < 1.29 is 27.4 Å². The molecule has 0 unspecified atom stereocenters. The van der Waals surface area contributed by atoms with Crippen LogP contribution in [0.5, 0.6) is 17.2 Å². The van der Waals surface area contributed by atoms with Crippen LogP contribution in [0, 0.1) is 0 Å². The second kappa shape index (κ2) is 8.16. The molecule has 1 aliphatic carbocycles. The van der Waals surface area contributed by atoms with Crippen LogP contribution in [-0.4, -0.2) is 52.6 Å². The molecule has 1 N–H and O–H groups in total. The standard InChI is InChI=1S/C21H24N2O6S/c1-23(13-14-3-7-17-19(11-14)29-10-9-28-17)21(24)15-4-8-18(27-2)20(12-15)30(25,26)22-16-5-6-16/h3-4,7-8,11-12,16,22H,5-6,9-10,13H2,1-2H3. The van der Waals surface area contributed by atoms with Crippen LogP contribution in [0.3, 0.4) is 0 Å². The second-order valence-corrected chi connectivity index (χ2v) is 9.08. The van der Waals surface area contributed by atoms with Crippen LogP contribution in [0.1, 0.15) is 28.8 Å². The fourth-order valence-corrected chi connectivity index (χ4v) is 4.76. The quantitative estimate of drug-likeness (QED) is 0.721. The van der Waals surface area contributed by atoms with Gasteiger partial charge in [-0.1, -0.05) is 6.07 Å². The van der Waals surface area contributed by atoms with Gasteiger partial charge in [-0.3, -0.25) is 4.79 Å². The highest BCUT2D eigenvalue weighted by atomic mass is 32.2. The molecule has 1 amide bonds. The van der Waals surface area contributed by atoms with Gasteiger partial charge in [-0.25, -0.2) is 13.1 Å². The first-order chi connectivity index (χ1) is 14.4. The second-order valence-electron chi connectivity index (χ2n) is 7.40. The van der Waals surface area contributed by atoms with Crippen LogP contribution < -0.4 is 18.9 Å². The zero-order valence-corrected chi connectivity index (χ0v) is 17.7. The molecular weight excluding hydrogens is 408 g/mol. The number of methoxy groups -OCH3 is 1. The van der Waals surface area contributed by atoms with Gasteiger partial charge >= 0.3 is 0 Å². The number of rotatable bonds is 7. The molecule has 1 heterocycles. The molecule has 2 aromatic carbocycles. The summed E-state index contributed by atoms with van der Waals surface area (Å²) in [7, 11) is -0.696. The van der Waals surface area contributed by atoms with Crippen LogP contribution in [0.15, 0.2) is 41.3 Å². The molecule has 0 spiro atoms. The van der Waals surface area contributed by atoms with Crippen molar-refractivity contribution >= 4 is 15.9 Å². The highest BCUT2D eigenvalue weighted by Crippen LogP contribution is 2.32. The summed E-state index contributed by atoms with van der Waals surface area (Å²) in [6, 6.07) is 9.94. The fraction of sp³-hybridized carbons (Fsp3) is 0.381. The molecule has 4 rings (SSSR count). The van der Waals surface area contributed by atoms with Crippen molar-refractivity contribution in [2.75, 3.05) is 27.4 Å². The lowest BCUT2D eigenvalue weighted by atomic mass is 10.1. The van der Waals surface area contributed by atoms with Crippen molar-refractivity contribution in [1.82, 2.24) is 9.62 Å². The van der Waals surface area contributed by atoms with Crippen LogP contribution >= 0.6 is 0 Å². The van der Waals surface area contributed by atoms with Gasteiger partial charge in [0.15, 0.2) is 11.5 Å². The van der Waals surface area contributed by atoms with Crippen molar-refractivity contribution in [3.05, 3.63) is 47.5 Å². The maximum absolute atomic E-state index is 13.0. The molecule has 0 bridgehead atoms. The van der Waals surface area contributed by atoms with E-state index in [1.165, 1.54) is 24.1 Å². The summed E-state index contributed by atoms with van der Waals surface area (Å²) >= 11 is 0. The summed E-state index contributed by atoms with van der Waals surface area (Å²) in [6.07, 6.45) is 1.64. The lowest BCUT2D eigenvalue weighted by Crippen LogP contribution is -2.28. The number of fused-ring (bicyclic) bond motifs is 1. The average Bonchev–Trinajstić information content (AvgIpc) is 3.56. The van der Waals surface area contributed by atoms with Gasteiger partial charge in [-0.15, -0.1) is 0 Å². The van der Waals surface area contributed by atoms with Crippen LogP contribution in [0.2, 0.25) is 0 Å². The van der Waals surface area contributed by atoms with Gasteiger partial charge in [-0.05, 0) is 48.7 Å². The molecule has 30 heavy (non-hydrogen) atoms. The van der Waals surface area contributed by atoms with Crippen LogP contribution in [-0.2, 0) is 16.6 Å². The summed E-state index contributed by atoms with van der Waals surface area (Å²) in [5.41, 5.74) is 1.15. The highest BCUT2D eigenvalue weighted by molar-refractivity contribution is 7.89. The maximum atomic E-state index is 13.0. The smallest absolute Gasteiger partial charge is 0.253 e. The first kappa shape index (κ1) is 20.5. The molecule has 0 atom stereocenters. The Hall–Kier alpha value is -2.78. The van der Waals surface area contributed by atoms with Crippen LogP contribution in [0.25, 0.3) is 0 Å². The fourth-order valence-electron chi connectivity index (χ4n) is 3.26. The van der Waals surface area contributed by atoms with Crippen LogP contribution in [0.4, 0.5) is 0 Å². The zero-order valence-electron chi connectivity index (χ0n) is 16.9. The Morgan fingerprint density at radius 3 is 2.57 bits per heavy atom. The Morgan fingerprint density at radius 1 is 1.13 bits per heavy atom. The summed E-state index contributed by atoms with van der Waals surface area (Å²) in [5.74, 6) is 1.25. The Kier molecular flexibility index (Phi) is 5.57. The number of carbonyl (C=O) groups is 1. The van der Waals surface area contributed by atoms with E-state index in [9.17, 15) is 13.2 Å². The Labute approximate surface area is 175 Å². The minimum Gasteiger partial charge on any atom is -0.495 e. The van der Waals surface area contributed by atoms with Crippen molar-refractivity contribution in [3.63, 3.8) is 0 Å². The largest absolute Gasteiger partial charge is 0.495 e. The number of nitrogens with zero attached hydrogens (tertiary/aromatic N) is 1. The maximum Gasteiger partial charge on any atom is 0.253 e. The molecule has 8 nitrogen and oxygen atoms in total. The molecule has 1 aliphatic heterocycles. The van der Waals surface area contributed by atoms with Gasteiger partial charge in [0.05, 0.1) is 7.11 Å². The normalized spacial score (nSPS) is 15.5. The number of carbonyl (C=O) groups excluding carboxylic acids is 1. The van der Waals surface area contributed by atoms with E-state index in [1.807, 2.05) is 18.2 Å². The summed E-state index contributed by atoms with van der Waals surface area (Å²) in [4.78, 5) is 14.5. The van der Waals surface area contributed by atoms with E-state index in [4.69, 9.17) is 14.2 Å². The van der Waals surface area contributed by atoms with E-state index < -0.39 is 10.0 Å². The third-order valence-electron chi connectivity index (χ3n) is 4.97. The SMILES string of the molecule is COc1ccc(C(=O)N(C)Cc2ccc3c(c2)OCCO3)cc1S(=O)(=O)NC1CC1. The minimum atomic E-state index is -3.77. The number of ether oxygens (including phenoxy) is 3. The summed E-state index contributed by atoms with van der Waals surface area (Å²) < 4.78 is 44.3. The van der Waals surface area contributed by atoms with E-state index in [0.29, 0.717) is 31.3 Å². The van der Waals surface area contributed by atoms with E-state index in [1.54, 1.807) is 13.1 Å². The van der Waals surface area contributed by atoms with E-state index in [-0.39, 0.29) is 28.2 Å². The molecule has 2 aromatic rings. The zero-order chi connectivity index (χ0) is 21.3. The third-order valence-corrected chi connectivity index (χ3v) is 6.51. The third kappa shape index (κ3) is 4.36. The molecule has 160 valence electrons. The van der Waals surface area contributed by atoms with Crippen molar-refractivity contribution in [1.29, 1.82) is 0 Å². The first-order valence-corrected chi connectivity index (χ1v) is 11.2. The Balaban J connectivity index is 1.54. The number of sulfonamides is 1. The number of benzene rings is 2. The molecule has 1 saturated carbocycles. The van der Waals surface area contributed by atoms with E-state index in [2.05, 4.69) is 4.72 Å². The predicted molar refractivity (Wildman–Crippen MR) is 110 cm³/mol. The van der Waals surface area contributed by atoms with E-state index >= 15 is 0 Å². The van der Waals surface area contributed by atoms with Crippen molar-refractivity contribution in [3.8, 4) is 17.2 Å². The molecule has 0 aromatic heterocycles. The molecule has 1 fully saturated rings. The van der Waals surface area contributed by atoms with Gasteiger partial charge in [0.2, 0.25) is 10.0 Å². The topological polar surface area (TPSA) is 94.2 Å². The number of amides is 1. The van der Waals surface area contributed by atoms with Gasteiger partial charge in [0.1, 0.15) is 23.9 Å².